The molecule has 0 unspecified atom stereocenters. The first-order valence-corrected chi connectivity index (χ1v) is 12.5. The number of aromatic nitrogens is 1. The number of carbonyl (C=O) groups is 2. The van der Waals surface area contributed by atoms with Crippen LogP contribution in [0.4, 0.5) is 5.69 Å². The normalized spacial score (nSPS) is 10.5. The Kier molecular flexibility index (Phi) is 7.84. The molecule has 0 fully saturated rings. The zero-order valence-corrected chi connectivity index (χ0v) is 21.3. The van der Waals surface area contributed by atoms with E-state index >= 15 is 0 Å². The lowest BCUT2D eigenvalue weighted by Gasteiger charge is -2.13. The largest absolute Gasteiger partial charge is 0.325 e. The quantitative estimate of drug-likeness (QED) is 0.210. The molecule has 5 nitrogen and oxygen atoms in total. The summed E-state index contributed by atoms with van der Waals surface area (Å²) in [5.74, 6) is -0.296. The number of hydrogen-bond donors (Lipinski definition) is 1. The second-order valence-corrected chi connectivity index (χ2v) is 9.59. The number of rotatable bonds is 7. The third-order valence-electron chi connectivity index (χ3n) is 5.49. The molecule has 0 aliphatic carbocycles. The number of ketones is 1. The fourth-order valence-electron chi connectivity index (χ4n) is 3.61. The fraction of sp³-hybridized carbons (Fsp3) is 0.103. The standard InChI is InChI=1S/C29H22ClN3O2S/c1-18-6-8-21(9-7-18)27-15-25(20-10-12-23(30)13-11-20)26(16-31)29(33-27)36-17-28(35)32-24-5-3-4-22(14-24)19(2)34/h3-15H,17H2,1-2H3,(H,32,35). The summed E-state index contributed by atoms with van der Waals surface area (Å²) in [5.41, 5.74) is 5.75. The summed E-state index contributed by atoms with van der Waals surface area (Å²) >= 11 is 7.27. The number of pyridine rings is 1. The van der Waals surface area contributed by atoms with Crippen molar-refractivity contribution in [3.63, 3.8) is 0 Å². The van der Waals surface area contributed by atoms with Crippen molar-refractivity contribution in [3.8, 4) is 28.5 Å². The fourth-order valence-corrected chi connectivity index (χ4v) is 4.54. The van der Waals surface area contributed by atoms with Crippen molar-refractivity contribution in [2.45, 2.75) is 18.9 Å². The maximum atomic E-state index is 12.7. The molecule has 0 spiro atoms. The van der Waals surface area contributed by atoms with E-state index in [1.807, 2.05) is 49.4 Å². The van der Waals surface area contributed by atoms with Gasteiger partial charge >= 0.3 is 0 Å². The molecule has 1 heterocycles. The van der Waals surface area contributed by atoms with Crippen LogP contribution in [0.25, 0.3) is 22.4 Å². The Bertz CT molecular complexity index is 1480. The van der Waals surface area contributed by atoms with E-state index in [0.29, 0.717) is 32.6 Å². The van der Waals surface area contributed by atoms with Crippen molar-refractivity contribution in [3.05, 3.63) is 101 Å². The lowest BCUT2D eigenvalue weighted by atomic mass is 9.99. The first-order valence-electron chi connectivity index (χ1n) is 11.2. The van der Waals surface area contributed by atoms with Crippen LogP contribution in [0.3, 0.4) is 0 Å². The summed E-state index contributed by atoms with van der Waals surface area (Å²) in [6.07, 6.45) is 0. The van der Waals surface area contributed by atoms with Gasteiger partial charge in [0.05, 0.1) is 17.0 Å². The highest BCUT2D eigenvalue weighted by atomic mass is 35.5. The zero-order chi connectivity index (χ0) is 25.7. The van der Waals surface area contributed by atoms with Crippen molar-refractivity contribution in [2.75, 3.05) is 11.1 Å². The van der Waals surface area contributed by atoms with Crippen molar-refractivity contribution in [2.24, 2.45) is 0 Å². The number of nitrogens with one attached hydrogen (secondary N) is 1. The molecule has 4 aromatic rings. The molecular weight excluding hydrogens is 490 g/mol. The summed E-state index contributed by atoms with van der Waals surface area (Å²) in [5, 5.41) is 13.9. The van der Waals surface area contributed by atoms with Crippen LogP contribution in [0, 0.1) is 18.3 Å². The Morgan fingerprint density at radius 1 is 1.00 bits per heavy atom. The highest BCUT2D eigenvalue weighted by Gasteiger charge is 2.17. The summed E-state index contributed by atoms with van der Waals surface area (Å²) in [4.78, 5) is 29.1. The number of Topliss-reactive ketones (excluding diaryl/α,β-unsaturated/α-hetero) is 1. The molecule has 1 aromatic heterocycles. The third-order valence-corrected chi connectivity index (χ3v) is 6.72. The van der Waals surface area contributed by atoms with Gasteiger partial charge in [-0.05, 0) is 49.7 Å². The summed E-state index contributed by atoms with van der Waals surface area (Å²) in [6, 6.07) is 26.2. The molecule has 0 aliphatic heterocycles. The number of thioether (sulfide) groups is 1. The number of nitriles is 1. The second kappa shape index (κ2) is 11.2. The van der Waals surface area contributed by atoms with Crippen LogP contribution in [0.2, 0.25) is 5.02 Å². The van der Waals surface area contributed by atoms with E-state index in [2.05, 4.69) is 11.4 Å². The van der Waals surface area contributed by atoms with Crippen molar-refractivity contribution >= 4 is 40.7 Å². The van der Waals surface area contributed by atoms with Crippen molar-refractivity contribution < 1.29 is 9.59 Å². The Morgan fingerprint density at radius 3 is 2.36 bits per heavy atom. The zero-order valence-electron chi connectivity index (χ0n) is 19.7. The van der Waals surface area contributed by atoms with Crippen LogP contribution in [-0.2, 0) is 4.79 Å². The maximum absolute atomic E-state index is 12.7. The number of hydrogen-bond acceptors (Lipinski definition) is 5. The van der Waals surface area contributed by atoms with Gasteiger partial charge in [0.15, 0.2) is 5.78 Å². The van der Waals surface area contributed by atoms with Crippen LogP contribution in [0.5, 0.6) is 0 Å². The van der Waals surface area contributed by atoms with Crippen LogP contribution < -0.4 is 5.32 Å². The van der Waals surface area contributed by atoms with E-state index < -0.39 is 0 Å². The first kappa shape index (κ1) is 25.2. The molecule has 1 N–H and O–H groups in total. The van der Waals surface area contributed by atoms with Crippen LogP contribution >= 0.6 is 23.4 Å². The molecule has 4 rings (SSSR count). The highest BCUT2D eigenvalue weighted by Crippen LogP contribution is 2.34. The number of anilines is 1. The number of aryl methyl sites for hydroxylation is 1. The SMILES string of the molecule is CC(=O)c1cccc(NC(=O)CSc2nc(-c3ccc(C)cc3)cc(-c3ccc(Cl)cc3)c2C#N)c1. The van der Waals surface area contributed by atoms with Gasteiger partial charge < -0.3 is 5.32 Å². The Hall–Kier alpha value is -3.92. The average Bonchev–Trinajstić information content (AvgIpc) is 2.88. The molecule has 7 heteroatoms. The molecule has 178 valence electrons. The smallest absolute Gasteiger partial charge is 0.234 e. The van der Waals surface area contributed by atoms with E-state index in [0.717, 1.165) is 22.3 Å². The maximum Gasteiger partial charge on any atom is 0.234 e. The van der Waals surface area contributed by atoms with Crippen molar-refractivity contribution in [1.29, 1.82) is 5.26 Å². The molecule has 0 radical (unpaired) electrons. The summed E-state index contributed by atoms with van der Waals surface area (Å²) in [7, 11) is 0. The van der Waals surface area contributed by atoms with Gasteiger partial charge in [-0.25, -0.2) is 4.98 Å². The van der Waals surface area contributed by atoms with Gasteiger partial charge in [-0.1, -0.05) is 77.5 Å². The van der Waals surface area contributed by atoms with Crippen LogP contribution in [-0.4, -0.2) is 22.4 Å². The molecule has 3 aromatic carbocycles. The minimum atomic E-state index is -0.264. The Morgan fingerprint density at radius 2 is 1.69 bits per heavy atom. The minimum Gasteiger partial charge on any atom is -0.325 e. The van der Waals surface area contributed by atoms with E-state index in [4.69, 9.17) is 16.6 Å². The van der Waals surface area contributed by atoms with Gasteiger partial charge in [-0.15, -0.1) is 0 Å². The van der Waals surface area contributed by atoms with Crippen molar-refractivity contribution in [1.82, 2.24) is 4.98 Å². The van der Waals surface area contributed by atoms with Gasteiger partial charge in [0, 0.05) is 27.4 Å². The number of benzene rings is 3. The lowest BCUT2D eigenvalue weighted by Crippen LogP contribution is -2.14. The monoisotopic (exact) mass is 511 g/mol. The van der Waals surface area contributed by atoms with Crippen LogP contribution in [0.15, 0.2) is 83.9 Å². The Balaban J connectivity index is 1.67. The third kappa shape index (κ3) is 6.01. The van der Waals surface area contributed by atoms with Gasteiger partial charge in [-0.3, -0.25) is 9.59 Å². The van der Waals surface area contributed by atoms with Gasteiger partial charge in [0.25, 0.3) is 0 Å². The van der Waals surface area contributed by atoms with E-state index in [1.54, 1.807) is 36.4 Å². The predicted octanol–water partition coefficient (Wildman–Crippen LogP) is 7.18. The Labute approximate surface area is 219 Å². The minimum absolute atomic E-state index is 0.0450. The predicted molar refractivity (Wildman–Crippen MR) is 145 cm³/mol. The van der Waals surface area contributed by atoms with E-state index in [-0.39, 0.29) is 17.4 Å². The molecule has 0 saturated carbocycles. The van der Waals surface area contributed by atoms with Gasteiger partial charge in [0.1, 0.15) is 11.1 Å². The lowest BCUT2D eigenvalue weighted by molar-refractivity contribution is -0.113. The van der Waals surface area contributed by atoms with Gasteiger partial charge in [0.2, 0.25) is 5.91 Å². The molecule has 0 bridgehead atoms. The molecule has 0 saturated heterocycles. The number of carbonyl (C=O) groups excluding carboxylic acids is 2. The first-order chi connectivity index (χ1) is 17.3. The second-order valence-electron chi connectivity index (χ2n) is 8.19. The summed E-state index contributed by atoms with van der Waals surface area (Å²) in [6.45, 7) is 3.49. The van der Waals surface area contributed by atoms with E-state index in [1.165, 1.54) is 18.7 Å². The topological polar surface area (TPSA) is 82.8 Å². The molecule has 36 heavy (non-hydrogen) atoms. The highest BCUT2D eigenvalue weighted by molar-refractivity contribution is 8.00. The molecular formula is C29H22ClN3O2S. The number of halogens is 1. The van der Waals surface area contributed by atoms with Gasteiger partial charge in [-0.2, -0.15) is 5.26 Å². The molecule has 1 amide bonds. The molecule has 0 aliphatic rings. The average molecular weight is 512 g/mol. The summed E-state index contributed by atoms with van der Waals surface area (Å²) < 4.78 is 0. The number of amides is 1. The van der Waals surface area contributed by atoms with E-state index in [9.17, 15) is 14.9 Å². The number of nitrogens with zero attached hydrogens (tertiary/aromatic N) is 2. The van der Waals surface area contributed by atoms with Crippen LogP contribution in [0.1, 0.15) is 28.4 Å². The molecule has 0 atom stereocenters.